The zero-order valence-electron chi connectivity index (χ0n) is 5.95. The summed E-state index contributed by atoms with van der Waals surface area (Å²) in [5.41, 5.74) is 0. The molecule has 3 nitrogen and oxygen atoms in total. The summed E-state index contributed by atoms with van der Waals surface area (Å²) in [6, 6.07) is 0. The van der Waals surface area contributed by atoms with Crippen molar-refractivity contribution in [1.82, 2.24) is 9.97 Å². The Morgan fingerprint density at radius 2 is 2.40 bits per heavy atom. The number of nitrogens with zero attached hydrogens (tertiary/aromatic N) is 2. The van der Waals surface area contributed by atoms with E-state index in [9.17, 15) is 0 Å². The topological polar surface area (TPSA) is 35.0 Å². The fourth-order valence-corrected chi connectivity index (χ4v) is 0.567. The first-order valence-electron chi connectivity index (χ1n) is 3.32. The molecule has 0 saturated heterocycles. The maximum absolute atomic E-state index is 5.18. The molecule has 0 spiro atoms. The summed E-state index contributed by atoms with van der Waals surface area (Å²) in [5, 5.41) is 0. The Morgan fingerprint density at radius 1 is 1.50 bits per heavy atom. The quantitative estimate of drug-likeness (QED) is 0.630. The number of hydrogen-bond donors (Lipinski definition) is 0. The fraction of sp³-hybridized carbons (Fsp3) is 0.429. The average molecular weight is 138 g/mol. The van der Waals surface area contributed by atoms with E-state index < -0.39 is 0 Å². The molecule has 1 rings (SSSR count). The molecular weight excluding hydrogens is 128 g/mol. The van der Waals surface area contributed by atoms with Crippen LogP contribution in [0, 0.1) is 0 Å². The van der Waals surface area contributed by atoms with Crippen LogP contribution in [0.2, 0.25) is 0 Å². The van der Waals surface area contributed by atoms with Crippen molar-refractivity contribution in [2.75, 3.05) is 6.61 Å². The minimum Gasteiger partial charge on any atom is -0.477 e. The van der Waals surface area contributed by atoms with Gasteiger partial charge in [-0.25, -0.2) is 4.98 Å². The van der Waals surface area contributed by atoms with Crippen molar-refractivity contribution in [1.29, 1.82) is 0 Å². The third kappa shape index (κ3) is 2.01. The number of rotatable bonds is 3. The second-order valence-corrected chi connectivity index (χ2v) is 1.89. The molecule has 1 aromatic heterocycles. The van der Waals surface area contributed by atoms with Crippen LogP contribution in [-0.2, 0) is 0 Å². The van der Waals surface area contributed by atoms with Crippen molar-refractivity contribution in [2.24, 2.45) is 0 Å². The zero-order valence-corrected chi connectivity index (χ0v) is 5.95. The minimum atomic E-state index is 0.601. The van der Waals surface area contributed by atoms with Crippen LogP contribution in [-0.4, -0.2) is 16.6 Å². The van der Waals surface area contributed by atoms with Gasteiger partial charge < -0.3 is 4.74 Å². The summed E-state index contributed by atoms with van der Waals surface area (Å²) in [6.45, 7) is 2.76. The molecule has 0 amide bonds. The van der Waals surface area contributed by atoms with Gasteiger partial charge >= 0.3 is 0 Å². The molecule has 0 atom stereocenters. The van der Waals surface area contributed by atoms with Crippen LogP contribution in [0.15, 0.2) is 18.6 Å². The second-order valence-electron chi connectivity index (χ2n) is 1.89. The molecule has 0 aromatic carbocycles. The molecule has 10 heavy (non-hydrogen) atoms. The van der Waals surface area contributed by atoms with Crippen molar-refractivity contribution in [3.05, 3.63) is 18.6 Å². The highest BCUT2D eigenvalue weighted by Crippen LogP contribution is 2.00. The number of aromatic nitrogens is 2. The highest BCUT2D eigenvalue weighted by molar-refractivity contribution is 5.00. The maximum Gasteiger partial charge on any atom is 0.232 e. The molecule has 1 heterocycles. The number of ether oxygens (including phenoxy) is 1. The van der Waals surface area contributed by atoms with Gasteiger partial charge in [-0.3, -0.25) is 4.98 Å². The summed E-state index contributed by atoms with van der Waals surface area (Å²) >= 11 is 0. The van der Waals surface area contributed by atoms with Crippen LogP contribution in [0.5, 0.6) is 5.88 Å². The predicted molar refractivity (Wildman–Crippen MR) is 37.8 cm³/mol. The first-order chi connectivity index (χ1) is 4.93. The lowest BCUT2D eigenvalue weighted by atomic mass is 10.5. The van der Waals surface area contributed by atoms with E-state index in [1.54, 1.807) is 18.6 Å². The maximum atomic E-state index is 5.18. The molecule has 54 valence electrons. The van der Waals surface area contributed by atoms with E-state index in [1.807, 2.05) is 0 Å². The van der Waals surface area contributed by atoms with Crippen molar-refractivity contribution < 1.29 is 4.74 Å². The van der Waals surface area contributed by atoms with Crippen LogP contribution in [0.4, 0.5) is 0 Å². The van der Waals surface area contributed by atoms with E-state index in [0.29, 0.717) is 12.5 Å². The molecule has 1 aromatic rings. The Hall–Kier alpha value is -1.12. The standard InChI is InChI=1S/C7H10N2O/c1-2-5-10-7-6-8-3-4-9-7/h3-4,6H,2,5H2,1H3. The van der Waals surface area contributed by atoms with Crippen molar-refractivity contribution in [2.45, 2.75) is 13.3 Å². The normalized spacial score (nSPS) is 9.30. The summed E-state index contributed by atoms with van der Waals surface area (Å²) in [7, 11) is 0. The van der Waals surface area contributed by atoms with E-state index in [-0.39, 0.29) is 0 Å². The molecule has 0 aliphatic carbocycles. The molecule has 0 aliphatic heterocycles. The molecule has 3 heteroatoms. The average Bonchev–Trinajstić information content (AvgIpc) is 2.03. The summed E-state index contributed by atoms with van der Waals surface area (Å²) in [4.78, 5) is 7.78. The van der Waals surface area contributed by atoms with Crippen LogP contribution in [0.1, 0.15) is 13.3 Å². The molecule has 0 N–H and O–H groups in total. The van der Waals surface area contributed by atoms with Crippen LogP contribution in [0.25, 0.3) is 0 Å². The number of hydrogen-bond acceptors (Lipinski definition) is 3. The first-order valence-corrected chi connectivity index (χ1v) is 3.32. The predicted octanol–water partition coefficient (Wildman–Crippen LogP) is 1.27. The third-order valence-electron chi connectivity index (χ3n) is 0.994. The van der Waals surface area contributed by atoms with Gasteiger partial charge in [0.25, 0.3) is 0 Å². The largest absolute Gasteiger partial charge is 0.477 e. The Morgan fingerprint density at radius 3 is 3.00 bits per heavy atom. The fourth-order valence-electron chi connectivity index (χ4n) is 0.567. The summed E-state index contributed by atoms with van der Waals surface area (Å²) in [5.74, 6) is 0.601. The van der Waals surface area contributed by atoms with E-state index in [1.165, 1.54) is 0 Å². The minimum absolute atomic E-state index is 0.601. The van der Waals surface area contributed by atoms with Crippen molar-refractivity contribution >= 4 is 0 Å². The van der Waals surface area contributed by atoms with E-state index in [4.69, 9.17) is 4.74 Å². The Balaban J connectivity index is 2.43. The highest BCUT2D eigenvalue weighted by atomic mass is 16.5. The molecule has 0 bridgehead atoms. The van der Waals surface area contributed by atoms with E-state index >= 15 is 0 Å². The van der Waals surface area contributed by atoms with Gasteiger partial charge in [0.2, 0.25) is 5.88 Å². The molecule has 0 unspecified atom stereocenters. The second kappa shape index (κ2) is 3.82. The van der Waals surface area contributed by atoms with Gasteiger partial charge in [-0.15, -0.1) is 0 Å². The zero-order chi connectivity index (χ0) is 7.23. The van der Waals surface area contributed by atoms with Gasteiger partial charge in [0, 0.05) is 12.4 Å². The van der Waals surface area contributed by atoms with Gasteiger partial charge in [0.15, 0.2) is 0 Å². The summed E-state index contributed by atoms with van der Waals surface area (Å²) < 4.78 is 5.18. The molecule has 0 fully saturated rings. The summed E-state index contributed by atoms with van der Waals surface area (Å²) in [6.07, 6.45) is 5.84. The lowest BCUT2D eigenvalue weighted by molar-refractivity contribution is 0.304. The van der Waals surface area contributed by atoms with Gasteiger partial charge in [-0.05, 0) is 6.42 Å². The lowest BCUT2D eigenvalue weighted by Crippen LogP contribution is -1.96. The molecule has 0 radical (unpaired) electrons. The molecule has 0 aliphatic rings. The Labute approximate surface area is 60.1 Å². The van der Waals surface area contributed by atoms with Crippen LogP contribution in [0.3, 0.4) is 0 Å². The Kier molecular flexibility index (Phi) is 2.67. The molecular formula is C7H10N2O. The smallest absolute Gasteiger partial charge is 0.232 e. The first kappa shape index (κ1) is 6.99. The highest BCUT2D eigenvalue weighted by Gasteiger charge is 1.89. The van der Waals surface area contributed by atoms with Crippen molar-refractivity contribution in [3.63, 3.8) is 0 Å². The Bertz CT molecular complexity index is 176. The van der Waals surface area contributed by atoms with E-state index in [0.717, 1.165) is 6.42 Å². The van der Waals surface area contributed by atoms with Gasteiger partial charge in [0.05, 0.1) is 12.8 Å². The van der Waals surface area contributed by atoms with E-state index in [2.05, 4.69) is 16.9 Å². The molecule has 0 saturated carbocycles. The third-order valence-corrected chi connectivity index (χ3v) is 0.994. The lowest BCUT2D eigenvalue weighted by Gasteiger charge is -1.99. The van der Waals surface area contributed by atoms with Crippen molar-refractivity contribution in [3.8, 4) is 5.88 Å². The van der Waals surface area contributed by atoms with Crippen LogP contribution < -0.4 is 4.74 Å². The SMILES string of the molecule is CCCOc1cnccn1. The monoisotopic (exact) mass is 138 g/mol. The van der Waals surface area contributed by atoms with Gasteiger partial charge in [0.1, 0.15) is 0 Å². The van der Waals surface area contributed by atoms with Gasteiger partial charge in [-0.1, -0.05) is 6.92 Å². The van der Waals surface area contributed by atoms with Gasteiger partial charge in [-0.2, -0.15) is 0 Å². The van der Waals surface area contributed by atoms with Crippen LogP contribution >= 0.6 is 0 Å².